The Bertz CT molecular complexity index is 467. The molecule has 0 saturated heterocycles. The van der Waals surface area contributed by atoms with Crippen molar-refractivity contribution in [3.05, 3.63) is 11.8 Å². The van der Waals surface area contributed by atoms with Crippen molar-refractivity contribution in [3.63, 3.8) is 0 Å². The van der Waals surface area contributed by atoms with E-state index < -0.39 is 0 Å². The number of aryl methyl sites for hydroxylation is 1. The van der Waals surface area contributed by atoms with Crippen LogP contribution in [0.25, 0.3) is 10.1 Å². The zero-order valence-corrected chi connectivity index (χ0v) is 9.01. The van der Waals surface area contributed by atoms with Gasteiger partial charge in [-0.2, -0.15) is 9.36 Å². The Kier molecular flexibility index (Phi) is 2.25. The summed E-state index contributed by atoms with van der Waals surface area (Å²) in [6.07, 6.45) is 0. The van der Waals surface area contributed by atoms with Crippen LogP contribution >= 0.6 is 11.5 Å². The van der Waals surface area contributed by atoms with Crippen LogP contribution in [0.5, 0.6) is 11.8 Å². The van der Waals surface area contributed by atoms with Crippen LogP contribution in [0, 0.1) is 6.92 Å². The number of hydrogen-bond donors (Lipinski definition) is 0. The predicted octanol–water partition coefficient (Wildman–Crippen LogP) is 2.02. The van der Waals surface area contributed by atoms with Gasteiger partial charge in [-0.3, -0.25) is 0 Å². The first kappa shape index (κ1) is 9.21. The first-order valence-corrected chi connectivity index (χ1v) is 4.88. The molecular formula is C9H10N2O2S. The molecule has 0 aliphatic carbocycles. The van der Waals surface area contributed by atoms with Gasteiger partial charge >= 0.3 is 0 Å². The topological polar surface area (TPSA) is 44.2 Å². The maximum Gasteiger partial charge on any atom is 0.227 e. The number of ether oxygens (including phenoxy) is 2. The van der Waals surface area contributed by atoms with Crippen molar-refractivity contribution in [3.8, 4) is 11.8 Å². The summed E-state index contributed by atoms with van der Waals surface area (Å²) < 4.78 is 15.5. The second-order valence-electron chi connectivity index (χ2n) is 2.82. The molecule has 0 aliphatic rings. The molecule has 0 bridgehead atoms. The molecule has 2 heterocycles. The van der Waals surface area contributed by atoms with Crippen molar-refractivity contribution < 1.29 is 9.47 Å². The third-order valence-electron chi connectivity index (χ3n) is 1.97. The third kappa shape index (κ3) is 1.29. The van der Waals surface area contributed by atoms with Gasteiger partial charge in [-0.05, 0) is 18.5 Å². The average molecular weight is 210 g/mol. The van der Waals surface area contributed by atoms with Crippen LogP contribution in [0.1, 0.15) is 5.69 Å². The summed E-state index contributed by atoms with van der Waals surface area (Å²) in [6.45, 7) is 1.94. The highest BCUT2D eigenvalue weighted by molar-refractivity contribution is 7.13. The van der Waals surface area contributed by atoms with Gasteiger partial charge in [-0.15, -0.1) is 0 Å². The van der Waals surface area contributed by atoms with Gasteiger partial charge in [-0.1, -0.05) is 0 Å². The Morgan fingerprint density at radius 2 is 2.07 bits per heavy atom. The first-order chi connectivity index (χ1) is 6.76. The van der Waals surface area contributed by atoms with E-state index in [1.54, 1.807) is 14.2 Å². The molecule has 0 saturated carbocycles. The molecule has 14 heavy (non-hydrogen) atoms. The van der Waals surface area contributed by atoms with Gasteiger partial charge < -0.3 is 9.47 Å². The lowest BCUT2D eigenvalue weighted by atomic mass is 10.3. The quantitative estimate of drug-likeness (QED) is 0.760. The monoisotopic (exact) mass is 210 g/mol. The molecule has 0 atom stereocenters. The van der Waals surface area contributed by atoms with E-state index in [2.05, 4.69) is 9.36 Å². The molecule has 0 spiro atoms. The Hall–Kier alpha value is -1.36. The molecule has 0 aliphatic heterocycles. The van der Waals surface area contributed by atoms with E-state index in [4.69, 9.17) is 9.47 Å². The largest absolute Gasteiger partial charge is 0.481 e. The van der Waals surface area contributed by atoms with Crippen LogP contribution in [0.2, 0.25) is 0 Å². The van der Waals surface area contributed by atoms with Crippen LogP contribution in [0.15, 0.2) is 6.07 Å². The van der Waals surface area contributed by atoms with Crippen LogP contribution < -0.4 is 9.47 Å². The molecule has 0 unspecified atom stereocenters. The van der Waals surface area contributed by atoms with E-state index in [0.717, 1.165) is 15.8 Å². The fourth-order valence-corrected chi connectivity index (χ4v) is 2.10. The number of hydrogen-bond acceptors (Lipinski definition) is 5. The molecule has 5 heteroatoms. The summed E-state index contributed by atoms with van der Waals surface area (Å²) >= 11 is 1.42. The van der Waals surface area contributed by atoms with E-state index in [1.165, 1.54) is 11.5 Å². The van der Waals surface area contributed by atoms with E-state index in [-0.39, 0.29) is 0 Å². The molecule has 4 nitrogen and oxygen atoms in total. The van der Waals surface area contributed by atoms with Gasteiger partial charge in [0.05, 0.1) is 30.0 Å². The van der Waals surface area contributed by atoms with Gasteiger partial charge in [0.2, 0.25) is 11.8 Å². The predicted molar refractivity (Wildman–Crippen MR) is 55.3 cm³/mol. The van der Waals surface area contributed by atoms with Gasteiger partial charge in [0.1, 0.15) is 0 Å². The number of methoxy groups -OCH3 is 2. The summed E-state index contributed by atoms with van der Waals surface area (Å²) in [5.41, 5.74) is 0.942. The molecule has 2 aromatic rings. The highest BCUT2D eigenvalue weighted by atomic mass is 32.1. The minimum Gasteiger partial charge on any atom is -0.481 e. The van der Waals surface area contributed by atoms with Crippen LogP contribution in [-0.2, 0) is 0 Å². The fraction of sp³-hybridized carbons (Fsp3) is 0.333. The molecule has 2 rings (SSSR count). The zero-order chi connectivity index (χ0) is 10.1. The number of rotatable bonds is 2. The molecule has 0 N–H and O–H groups in total. The molecule has 0 fully saturated rings. The van der Waals surface area contributed by atoms with Crippen LogP contribution in [0.3, 0.4) is 0 Å². The van der Waals surface area contributed by atoms with Gasteiger partial charge in [0.25, 0.3) is 0 Å². The Balaban J connectivity index is 2.76. The van der Waals surface area contributed by atoms with Crippen molar-refractivity contribution in [1.82, 2.24) is 9.36 Å². The van der Waals surface area contributed by atoms with Crippen LogP contribution in [-0.4, -0.2) is 23.6 Å². The van der Waals surface area contributed by atoms with E-state index >= 15 is 0 Å². The van der Waals surface area contributed by atoms with Crippen molar-refractivity contribution in [2.24, 2.45) is 0 Å². The van der Waals surface area contributed by atoms with Gasteiger partial charge in [0.15, 0.2) is 0 Å². The lowest BCUT2D eigenvalue weighted by Crippen LogP contribution is -1.92. The molecule has 0 radical (unpaired) electrons. The second kappa shape index (κ2) is 3.42. The van der Waals surface area contributed by atoms with Crippen LogP contribution in [0.4, 0.5) is 0 Å². The summed E-state index contributed by atoms with van der Waals surface area (Å²) in [5, 5.41) is 0.971. The van der Waals surface area contributed by atoms with Gasteiger partial charge in [-0.25, -0.2) is 0 Å². The Morgan fingerprint density at radius 1 is 1.29 bits per heavy atom. The molecular weight excluding hydrogens is 200 g/mol. The number of fused-ring (bicyclic) bond motifs is 1. The summed E-state index contributed by atoms with van der Waals surface area (Å²) in [4.78, 5) is 4.19. The third-order valence-corrected chi connectivity index (χ3v) is 2.86. The molecule has 2 aromatic heterocycles. The highest BCUT2D eigenvalue weighted by Gasteiger charge is 2.11. The van der Waals surface area contributed by atoms with Crippen molar-refractivity contribution >= 4 is 21.6 Å². The van der Waals surface area contributed by atoms with Crippen molar-refractivity contribution in [2.45, 2.75) is 6.92 Å². The lowest BCUT2D eigenvalue weighted by molar-refractivity contribution is 0.369. The zero-order valence-electron chi connectivity index (χ0n) is 8.20. The lowest BCUT2D eigenvalue weighted by Gasteiger charge is -2.03. The van der Waals surface area contributed by atoms with E-state index in [1.807, 2.05) is 13.0 Å². The van der Waals surface area contributed by atoms with E-state index in [9.17, 15) is 0 Å². The second-order valence-corrected chi connectivity index (χ2v) is 3.62. The summed E-state index contributed by atoms with van der Waals surface area (Å²) in [6, 6.07) is 1.86. The maximum atomic E-state index is 5.18. The SMILES string of the molecule is COc1cc2snc(C)c2c(OC)n1. The minimum absolute atomic E-state index is 0.554. The normalized spacial score (nSPS) is 10.5. The highest BCUT2D eigenvalue weighted by Crippen LogP contribution is 2.32. The standard InChI is InChI=1S/C9H10N2O2S/c1-5-8-6(14-11-5)4-7(12-2)10-9(8)13-3/h4H,1-3H3. The first-order valence-electron chi connectivity index (χ1n) is 4.11. The molecule has 0 amide bonds. The smallest absolute Gasteiger partial charge is 0.227 e. The number of pyridine rings is 1. The van der Waals surface area contributed by atoms with Crippen molar-refractivity contribution in [1.29, 1.82) is 0 Å². The Labute approximate surface area is 85.7 Å². The summed E-state index contributed by atoms with van der Waals surface area (Å²) in [5.74, 6) is 1.13. The summed E-state index contributed by atoms with van der Waals surface area (Å²) in [7, 11) is 3.18. The van der Waals surface area contributed by atoms with Crippen molar-refractivity contribution in [2.75, 3.05) is 14.2 Å². The average Bonchev–Trinajstić information content (AvgIpc) is 2.59. The fourth-order valence-electron chi connectivity index (χ4n) is 1.30. The van der Waals surface area contributed by atoms with Gasteiger partial charge in [0, 0.05) is 6.07 Å². The number of nitrogens with zero attached hydrogens (tertiary/aromatic N) is 2. The molecule has 0 aromatic carbocycles. The number of aromatic nitrogens is 2. The minimum atomic E-state index is 0.554. The molecule has 74 valence electrons. The Morgan fingerprint density at radius 3 is 2.71 bits per heavy atom. The van der Waals surface area contributed by atoms with E-state index in [0.29, 0.717) is 11.8 Å². The maximum absolute atomic E-state index is 5.18.